The SMILES string of the molecule is CCOC(=O)COc1ccc2cc(-c3oc4ccccc4c3C(=O)CC3CCCC3)ccc2c1Br. The molecule has 0 saturated heterocycles. The maximum Gasteiger partial charge on any atom is 0.344 e. The van der Waals surface area contributed by atoms with E-state index in [1.165, 1.54) is 12.8 Å². The van der Waals surface area contributed by atoms with Crippen molar-refractivity contribution in [1.29, 1.82) is 0 Å². The number of ketones is 1. The molecule has 1 fully saturated rings. The summed E-state index contributed by atoms with van der Waals surface area (Å²) in [5.74, 6) is 1.39. The van der Waals surface area contributed by atoms with Crippen LogP contribution in [0.1, 0.15) is 49.4 Å². The zero-order chi connectivity index (χ0) is 24.4. The molecule has 35 heavy (non-hydrogen) atoms. The Kier molecular flexibility index (Phi) is 6.91. The highest BCUT2D eigenvalue weighted by Gasteiger charge is 2.26. The molecule has 0 unspecified atom stereocenters. The number of halogens is 1. The van der Waals surface area contributed by atoms with Crippen molar-refractivity contribution in [2.45, 2.75) is 39.0 Å². The molecule has 0 spiro atoms. The van der Waals surface area contributed by atoms with Crippen LogP contribution in [0.4, 0.5) is 0 Å². The van der Waals surface area contributed by atoms with Gasteiger partial charge in [0.25, 0.3) is 0 Å². The second kappa shape index (κ2) is 10.2. The molecule has 1 heterocycles. The van der Waals surface area contributed by atoms with Crippen molar-refractivity contribution in [3.05, 3.63) is 64.6 Å². The highest BCUT2D eigenvalue weighted by Crippen LogP contribution is 2.40. The quantitative estimate of drug-likeness (QED) is 0.171. The van der Waals surface area contributed by atoms with Crippen molar-refractivity contribution in [3.63, 3.8) is 0 Å². The fourth-order valence-electron chi connectivity index (χ4n) is 4.97. The number of rotatable bonds is 8. The summed E-state index contributed by atoms with van der Waals surface area (Å²) >= 11 is 3.61. The van der Waals surface area contributed by atoms with Gasteiger partial charge < -0.3 is 13.9 Å². The fourth-order valence-corrected chi connectivity index (χ4v) is 5.58. The van der Waals surface area contributed by atoms with Crippen LogP contribution in [0.2, 0.25) is 0 Å². The second-order valence-electron chi connectivity index (χ2n) is 8.99. The number of carbonyl (C=O) groups is 2. The van der Waals surface area contributed by atoms with Crippen molar-refractivity contribution < 1.29 is 23.5 Å². The van der Waals surface area contributed by atoms with E-state index in [9.17, 15) is 9.59 Å². The van der Waals surface area contributed by atoms with E-state index < -0.39 is 5.97 Å². The number of fused-ring (bicyclic) bond motifs is 2. The van der Waals surface area contributed by atoms with Crippen LogP contribution in [0, 0.1) is 5.92 Å². The Hall–Kier alpha value is -3.12. The smallest absolute Gasteiger partial charge is 0.344 e. The van der Waals surface area contributed by atoms with Gasteiger partial charge in [-0.15, -0.1) is 0 Å². The maximum atomic E-state index is 13.5. The minimum Gasteiger partial charge on any atom is -0.481 e. The molecule has 180 valence electrons. The number of Topliss-reactive ketones (excluding diaryl/α,β-unsaturated/α-hetero) is 1. The minimum atomic E-state index is -0.408. The first-order valence-corrected chi connectivity index (χ1v) is 12.9. The lowest BCUT2D eigenvalue weighted by atomic mass is 9.93. The summed E-state index contributed by atoms with van der Waals surface area (Å²) in [6, 6.07) is 17.5. The lowest BCUT2D eigenvalue weighted by molar-refractivity contribution is -0.145. The maximum absolute atomic E-state index is 13.5. The van der Waals surface area contributed by atoms with Crippen molar-refractivity contribution in [2.24, 2.45) is 5.92 Å². The van der Waals surface area contributed by atoms with Crippen molar-refractivity contribution >= 4 is 49.4 Å². The summed E-state index contributed by atoms with van der Waals surface area (Å²) in [7, 11) is 0. The lowest BCUT2D eigenvalue weighted by Gasteiger charge is -2.11. The number of furan rings is 1. The summed E-state index contributed by atoms with van der Waals surface area (Å²) in [6.07, 6.45) is 5.24. The van der Waals surface area contributed by atoms with E-state index in [0.29, 0.717) is 36.0 Å². The van der Waals surface area contributed by atoms with Crippen LogP contribution in [0.5, 0.6) is 5.75 Å². The van der Waals surface area contributed by atoms with E-state index in [4.69, 9.17) is 13.9 Å². The second-order valence-corrected chi connectivity index (χ2v) is 9.78. The predicted molar refractivity (Wildman–Crippen MR) is 140 cm³/mol. The van der Waals surface area contributed by atoms with Gasteiger partial charge in [-0.05, 0) is 57.7 Å². The summed E-state index contributed by atoms with van der Waals surface area (Å²) in [5, 5.41) is 2.77. The largest absolute Gasteiger partial charge is 0.481 e. The molecular weight excluding hydrogens is 508 g/mol. The number of carbonyl (C=O) groups excluding carboxylic acids is 2. The third-order valence-corrected chi connectivity index (χ3v) is 7.47. The van der Waals surface area contributed by atoms with E-state index in [0.717, 1.165) is 44.6 Å². The fraction of sp³-hybridized carbons (Fsp3) is 0.310. The Morgan fingerprint density at radius 3 is 2.63 bits per heavy atom. The van der Waals surface area contributed by atoms with Crippen molar-refractivity contribution in [1.82, 2.24) is 0 Å². The Labute approximate surface area is 212 Å². The topological polar surface area (TPSA) is 65.7 Å². The van der Waals surface area contributed by atoms with Gasteiger partial charge in [0.1, 0.15) is 17.1 Å². The van der Waals surface area contributed by atoms with Gasteiger partial charge in [0.05, 0.1) is 16.6 Å². The zero-order valence-electron chi connectivity index (χ0n) is 19.6. The molecule has 1 saturated carbocycles. The van der Waals surface area contributed by atoms with E-state index in [2.05, 4.69) is 15.9 Å². The molecule has 5 nitrogen and oxygen atoms in total. The Morgan fingerprint density at radius 1 is 1.03 bits per heavy atom. The molecule has 0 aliphatic heterocycles. The number of benzene rings is 3. The summed E-state index contributed by atoms with van der Waals surface area (Å²) in [5.41, 5.74) is 2.26. The van der Waals surface area contributed by atoms with Crippen LogP contribution in [0.25, 0.3) is 33.1 Å². The van der Waals surface area contributed by atoms with Gasteiger partial charge >= 0.3 is 5.97 Å². The predicted octanol–water partition coefficient (Wildman–Crippen LogP) is 7.72. The molecule has 5 rings (SSSR count). The Morgan fingerprint density at radius 2 is 1.83 bits per heavy atom. The van der Waals surface area contributed by atoms with E-state index in [1.54, 1.807) is 6.92 Å². The lowest BCUT2D eigenvalue weighted by Crippen LogP contribution is -2.14. The molecule has 0 atom stereocenters. The molecule has 3 aromatic carbocycles. The zero-order valence-corrected chi connectivity index (χ0v) is 21.2. The van der Waals surface area contributed by atoms with Gasteiger partial charge in [0.2, 0.25) is 0 Å². The van der Waals surface area contributed by atoms with Crippen LogP contribution in [0.3, 0.4) is 0 Å². The Bertz CT molecular complexity index is 1400. The molecule has 1 aliphatic rings. The first kappa shape index (κ1) is 23.6. The summed E-state index contributed by atoms with van der Waals surface area (Å²) in [6.45, 7) is 1.93. The first-order valence-electron chi connectivity index (χ1n) is 12.1. The van der Waals surface area contributed by atoms with E-state index in [1.807, 2.05) is 54.6 Å². The molecule has 4 aromatic rings. The molecule has 0 radical (unpaired) electrons. The number of para-hydroxylation sites is 1. The molecule has 1 aliphatic carbocycles. The molecular formula is C29H27BrO5. The van der Waals surface area contributed by atoms with Crippen LogP contribution >= 0.6 is 15.9 Å². The third-order valence-electron chi connectivity index (χ3n) is 6.65. The van der Waals surface area contributed by atoms with Gasteiger partial charge in [-0.1, -0.05) is 62.1 Å². The van der Waals surface area contributed by atoms with E-state index >= 15 is 0 Å². The summed E-state index contributed by atoms with van der Waals surface area (Å²) < 4.78 is 17.6. The third kappa shape index (κ3) is 4.85. The number of hydrogen-bond donors (Lipinski definition) is 0. The van der Waals surface area contributed by atoms with Crippen molar-refractivity contribution in [3.8, 4) is 17.1 Å². The Balaban J connectivity index is 1.50. The monoisotopic (exact) mass is 534 g/mol. The first-order chi connectivity index (χ1) is 17.0. The van der Waals surface area contributed by atoms with Gasteiger partial charge in [0.15, 0.2) is 12.4 Å². The van der Waals surface area contributed by atoms with Gasteiger partial charge in [-0.3, -0.25) is 4.79 Å². The highest BCUT2D eigenvalue weighted by atomic mass is 79.9. The average molecular weight is 535 g/mol. The molecule has 6 heteroatoms. The van der Waals surface area contributed by atoms with Crippen LogP contribution in [0.15, 0.2) is 63.5 Å². The molecule has 0 N–H and O–H groups in total. The van der Waals surface area contributed by atoms with Gasteiger partial charge in [0, 0.05) is 17.4 Å². The summed E-state index contributed by atoms with van der Waals surface area (Å²) in [4.78, 5) is 25.1. The van der Waals surface area contributed by atoms with Crippen LogP contribution < -0.4 is 4.74 Å². The average Bonchev–Trinajstić information content (AvgIpc) is 3.51. The van der Waals surface area contributed by atoms with E-state index in [-0.39, 0.29) is 12.4 Å². The molecule has 0 amide bonds. The van der Waals surface area contributed by atoms with Gasteiger partial charge in [-0.2, -0.15) is 0 Å². The number of esters is 1. The standard InChI is InChI=1S/C29H27BrO5/c1-2-33-26(32)17-34-25-14-12-19-16-20(11-13-21(19)28(25)30)29-27(22-9-5-6-10-24(22)35-29)23(31)15-18-7-3-4-8-18/h5-6,9-14,16,18H,2-4,7-8,15,17H2,1H3. The normalized spacial score (nSPS) is 14.0. The molecule has 0 bridgehead atoms. The van der Waals surface area contributed by atoms with Crippen LogP contribution in [-0.2, 0) is 9.53 Å². The van der Waals surface area contributed by atoms with Gasteiger partial charge in [-0.25, -0.2) is 4.79 Å². The molecule has 1 aromatic heterocycles. The van der Waals surface area contributed by atoms with Crippen LogP contribution in [-0.4, -0.2) is 25.0 Å². The van der Waals surface area contributed by atoms with Crippen molar-refractivity contribution in [2.75, 3.05) is 13.2 Å². The number of hydrogen-bond acceptors (Lipinski definition) is 5. The minimum absolute atomic E-state index is 0.151. The number of ether oxygens (including phenoxy) is 2. The highest BCUT2D eigenvalue weighted by molar-refractivity contribution is 9.10.